The Morgan fingerprint density at radius 1 is 0.439 bits per heavy atom. The summed E-state index contributed by atoms with van der Waals surface area (Å²) >= 11 is 0. The van der Waals surface area contributed by atoms with Gasteiger partial charge in [-0.05, 0) is 35.0 Å². The highest BCUT2D eigenvalue weighted by atomic mass is 15.1. The van der Waals surface area contributed by atoms with Crippen LogP contribution in [0.15, 0.2) is 140 Å². The first-order valence-electron chi connectivity index (χ1n) is 13.6. The first-order chi connectivity index (χ1) is 20.3. The van der Waals surface area contributed by atoms with Gasteiger partial charge in [0.1, 0.15) is 5.69 Å². The second kappa shape index (κ2) is 9.50. The minimum absolute atomic E-state index is 0.539. The van der Waals surface area contributed by atoms with Gasteiger partial charge in [-0.15, -0.1) is 0 Å². The molecule has 0 saturated carbocycles. The van der Waals surface area contributed by atoms with Gasteiger partial charge < -0.3 is 4.57 Å². The van der Waals surface area contributed by atoms with Gasteiger partial charge in [0.2, 0.25) is 0 Å². The lowest BCUT2D eigenvalue weighted by molar-refractivity contribution is 1.05. The van der Waals surface area contributed by atoms with Gasteiger partial charge in [0.05, 0.1) is 22.9 Å². The Hall–Kier alpha value is -5.68. The number of hydrogen-bond acceptors (Lipinski definition) is 4. The summed E-state index contributed by atoms with van der Waals surface area (Å²) in [5.74, 6) is 1.78. The minimum atomic E-state index is 0.539. The highest BCUT2D eigenvalue weighted by molar-refractivity contribution is 6.21. The largest absolute Gasteiger partial charge is 0.308 e. The number of rotatable bonds is 4. The number of benzene rings is 5. The molecule has 5 nitrogen and oxygen atoms in total. The van der Waals surface area contributed by atoms with Crippen LogP contribution in [-0.2, 0) is 0 Å². The Morgan fingerprint density at radius 3 is 1.73 bits per heavy atom. The summed E-state index contributed by atoms with van der Waals surface area (Å²) < 4.78 is 2.28. The third-order valence-electron chi connectivity index (χ3n) is 7.50. The van der Waals surface area contributed by atoms with Crippen molar-refractivity contribution in [1.82, 2.24) is 24.5 Å². The number of fused-ring (bicyclic) bond motifs is 5. The molecule has 8 rings (SSSR count). The van der Waals surface area contributed by atoms with E-state index in [0.717, 1.165) is 27.8 Å². The number of aromatic nitrogens is 5. The van der Waals surface area contributed by atoms with Crippen LogP contribution >= 0.6 is 0 Å². The molecular formula is C36H23N5. The van der Waals surface area contributed by atoms with E-state index in [9.17, 15) is 0 Å². The van der Waals surface area contributed by atoms with Crippen LogP contribution in [0.3, 0.4) is 0 Å². The smallest absolute Gasteiger partial charge is 0.182 e. The molecule has 3 aromatic heterocycles. The van der Waals surface area contributed by atoms with Crippen LogP contribution < -0.4 is 0 Å². The standard InChI is InChI=1S/C36H23N5/c1-3-12-25(13-4-1)34-38-35(26-14-5-2-6-15-26)40-36(39-34)30-21-20-27(23-37-30)41-31-18-10-9-17-29(31)33-28-16-8-7-11-24(28)19-22-32(33)41/h1-23H. The van der Waals surface area contributed by atoms with Crippen molar-refractivity contribution in [2.75, 3.05) is 0 Å². The maximum atomic E-state index is 4.88. The molecule has 0 aliphatic heterocycles. The molecule has 0 fully saturated rings. The van der Waals surface area contributed by atoms with Crippen LogP contribution in [0.2, 0.25) is 0 Å². The second-order valence-electron chi connectivity index (χ2n) is 9.97. The lowest BCUT2D eigenvalue weighted by Gasteiger charge is -2.10. The molecule has 0 atom stereocenters. The summed E-state index contributed by atoms with van der Waals surface area (Å²) in [6.07, 6.45) is 1.91. The van der Waals surface area contributed by atoms with Gasteiger partial charge in [-0.1, -0.05) is 109 Å². The van der Waals surface area contributed by atoms with Crippen molar-refractivity contribution in [3.8, 4) is 40.0 Å². The van der Waals surface area contributed by atoms with Gasteiger partial charge in [0.25, 0.3) is 0 Å². The fraction of sp³-hybridized carbons (Fsp3) is 0. The summed E-state index contributed by atoms with van der Waals surface area (Å²) in [5, 5.41) is 4.95. The lowest BCUT2D eigenvalue weighted by Crippen LogP contribution is -2.02. The highest BCUT2D eigenvalue weighted by Crippen LogP contribution is 2.36. The fourth-order valence-corrected chi connectivity index (χ4v) is 5.59. The zero-order valence-electron chi connectivity index (χ0n) is 22.0. The van der Waals surface area contributed by atoms with Gasteiger partial charge in [-0.2, -0.15) is 0 Å². The Kier molecular flexibility index (Phi) is 5.38. The zero-order valence-corrected chi connectivity index (χ0v) is 22.0. The van der Waals surface area contributed by atoms with E-state index in [4.69, 9.17) is 19.9 Å². The van der Waals surface area contributed by atoms with E-state index in [1.165, 1.54) is 21.5 Å². The lowest BCUT2D eigenvalue weighted by atomic mass is 10.0. The first kappa shape index (κ1) is 23.2. The van der Waals surface area contributed by atoms with Gasteiger partial charge in [0, 0.05) is 21.9 Å². The summed E-state index contributed by atoms with van der Waals surface area (Å²) in [6.45, 7) is 0. The van der Waals surface area contributed by atoms with Crippen molar-refractivity contribution in [3.05, 3.63) is 140 Å². The number of para-hydroxylation sites is 1. The predicted octanol–water partition coefficient (Wildman–Crippen LogP) is 8.52. The average Bonchev–Trinajstić information content (AvgIpc) is 3.40. The molecule has 0 spiro atoms. The monoisotopic (exact) mass is 525 g/mol. The van der Waals surface area contributed by atoms with Crippen molar-refractivity contribution >= 4 is 32.6 Å². The van der Waals surface area contributed by atoms with E-state index in [2.05, 4.69) is 71.3 Å². The summed E-state index contributed by atoms with van der Waals surface area (Å²) in [4.78, 5) is 19.3. The Morgan fingerprint density at radius 2 is 1.05 bits per heavy atom. The molecule has 3 heterocycles. The van der Waals surface area contributed by atoms with Gasteiger partial charge in [-0.3, -0.25) is 4.98 Å². The third-order valence-corrected chi connectivity index (χ3v) is 7.50. The Labute approximate surface area is 236 Å². The zero-order chi connectivity index (χ0) is 27.2. The SMILES string of the molecule is c1ccc(-c2nc(-c3ccccc3)nc(-c3ccc(-n4c5ccccc5c5c6ccccc6ccc54)cn3)n2)cc1. The number of nitrogens with zero attached hydrogens (tertiary/aromatic N) is 5. The molecule has 0 saturated heterocycles. The quantitative estimate of drug-likeness (QED) is 0.231. The normalized spacial score (nSPS) is 11.4. The summed E-state index contributed by atoms with van der Waals surface area (Å²) in [7, 11) is 0. The number of pyridine rings is 1. The summed E-state index contributed by atoms with van der Waals surface area (Å²) in [5.41, 5.74) is 5.83. The van der Waals surface area contributed by atoms with E-state index in [1.54, 1.807) is 0 Å². The van der Waals surface area contributed by atoms with Crippen molar-refractivity contribution in [2.24, 2.45) is 0 Å². The maximum Gasteiger partial charge on any atom is 0.182 e. The molecule has 0 unspecified atom stereocenters. The Bertz CT molecular complexity index is 2130. The van der Waals surface area contributed by atoms with E-state index in [0.29, 0.717) is 23.2 Å². The molecule has 0 aliphatic rings. The second-order valence-corrected chi connectivity index (χ2v) is 9.97. The number of hydrogen-bond donors (Lipinski definition) is 0. The van der Waals surface area contributed by atoms with E-state index in [1.807, 2.05) is 72.9 Å². The van der Waals surface area contributed by atoms with Crippen LogP contribution in [0.5, 0.6) is 0 Å². The van der Waals surface area contributed by atoms with E-state index in [-0.39, 0.29) is 0 Å². The third kappa shape index (κ3) is 3.95. The maximum absolute atomic E-state index is 4.88. The van der Waals surface area contributed by atoms with Crippen molar-refractivity contribution in [1.29, 1.82) is 0 Å². The highest BCUT2D eigenvalue weighted by Gasteiger charge is 2.16. The predicted molar refractivity (Wildman–Crippen MR) is 166 cm³/mol. The molecule has 41 heavy (non-hydrogen) atoms. The molecule has 192 valence electrons. The van der Waals surface area contributed by atoms with Crippen LogP contribution in [0.25, 0.3) is 72.6 Å². The van der Waals surface area contributed by atoms with Crippen molar-refractivity contribution < 1.29 is 0 Å². The molecule has 0 bridgehead atoms. The molecule has 0 aliphatic carbocycles. The molecule has 0 radical (unpaired) electrons. The molecular weight excluding hydrogens is 502 g/mol. The fourth-order valence-electron chi connectivity index (χ4n) is 5.59. The van der Waals surface area contributed by atoms with Crippen LogP contribution in [0.4, 0.5) is 0 Å². The average molecular weight is 526 g/mol. The summed E-state index contributed by atoms with van der Waals surface area (Å²) in [6, 6.07) is 45.6. The van der Waals surface area contributed by atoms with Crippen LogP contribution in [-0.4, -0.2) is 24.5 Å². The first-order valence-corrected chi connectivity index (χ1v) is 13.6. The topological polar surface area (TPSA) is 56.5 Å². The van der Waals surface area contributed by atoms with Crippen LogP contribution in [0, 0.1) is 0 Å². The van der Waals surface area contributed by atoms with Gasteiger partial charge >= 0.3 is 0 Å². The molecule has 0 N–H and O–H groups in total. The van der Waals surface area contributed by atoms with Crippen molar-refractivity contribution in [2.45, 2.75) is 0 Å². The van der Waals surface area contributed by atoms with E-state index >= 15 is 0 Å². The van der Waals surface area contributed by atoms with Crippen molar-refractivity contribution in [3.63, 3.8) is 0 Å². The minimum Gasteiger partial charge on any atom is -0.308 e. The van der Waals surface area contributed by atoms with Gasteiger partial charge in [-0.25, -0.2) is 15.0 Å². The van der Waals surface area contributed by atoms with Gasteiger partial charge in [0.15, 0.2) is 17.5 Å². The molecule has 0 amide bonds. The molecule has 8 aromatic rings. The van der Waals surface area contributed by atoms with Crippen LogP contribution in [0.1, 0.15) is 0 Å². The van der Waals surface area contributed by atoms with E-state index < -0.39 is 0 Å². The molecule has 5 heteroatoms. The Balaban J connectivity index is 1.29. The molecule has 5 aromatic carbocycles.